The first-order chi connectivity index (χ1) is 18.2. The molecular formula is C27H43N7O4. The normalized spacial score (nSPS) is 20.4. The summed E-state index contributed by atoms with van der Waals surface area (Å²) in [5.41, 5.74) is 11.6. The van der Waals surface area contributed by atoms with Crippen molar-refractivity contribution in [2.24, 2.45) is 17.5 Å². The fourth-order valence-electron chi connectivity index (χ4n) is 4.60. The van der Waals surface area contributed by atoms with Crippen molar-refractivity contribution >= 4 is 29.8 Å². The Morgan fingerprint density at radius 2 is 2.00 bits per heavy atom. The van der Waals surface area contributed by atoms with Gasteiger partial charge in [-0.1, -0.05) is 38.5 Å². The van der Waals surface area contributed by atoms with Crippen LogP contribution in [0.25, 0.3) is 0 Å². The molecule has 4 rings (SSSR count). The summed E-state index contributed by atoms with van der Waals surface area (Å²) in [7, 11) is 0. The molecule has 3 aliphatic heterocycles. The summed E-state index contributed by atoms with van der Waals surface area (Å²) in [6, 6.07) is 6.08. The minimum atomic E-state index is -0.396. The van der Waals surface area contributed by atoms with Crippen LogP contribution in [0, 0.1) is 5.92 Å². The largest absolute Gasteiger partial charge is 0.399 e. The summed E-state index contributed by atoms with van der Waals surface area (Å²) in [6.45, 7) is 7.44. The molecule has 1 saturated heterocycles. The average molecular weight is 530 g/mol. The molecule has 0 aromatic heterocycles. The van der Waals surface area contributed by atoms with Gasteiger partial charge in [0, 0.05) is 37.3 Å². The van der Waals surface area contributed by atoms with Crippen LogP contribution in [0.15, 0.2) is 30.1 Å². The van der Waals surface area contributed by atoms with E-state index in [0.29, 0.717) is 37.4 Å². The number of hydrogen-bond donors (Lipinski definition) is 6. The zero-order valence-electron chi connectivity index (χ0n) is 22.7. The summed E-state index contributed by atoms with van der Waals surface area (Å²) >= 11 is 0. The lowest BCUT2D eigenvalue weighted by atomic mass is 10.0. The number of rotatable bonds is 8. The van der Waals surface area contributed by atoms with Crippen molar-refractivity contribution in [3.8, 4) is 0 Å². The van der Waals surface area contributed by atoms with Crippen LogP contribution in [0.2, 0.25) is 0 Å². The van der Waals surface area contributed by atoms with E-state index in [1.54, 1.807) is 0 Å². The Hall–Kier alpha value is -3.60. The predicted octanol–water partition coefficient (Wildman–Crippen LogP) is 0.724. The van der Waals surface area contributed by atoms with Crippen LogP contribution < -0.4 is 37.9 Å². The highest BCUT2D eigenvalue weighted by Crippen LogP contribution is 2.38. The smallest absolute Gasteiger partial charge is 0.249 e. The fraction of sp³-hybridized carbons (Fsp3) is 0.556. The predicted molar refractivity (Wildman–Crippen MR) is 147 cm³/mol. The van der Waals surface area contributed by atoms with Gasteiger partial charge in [0.2, 0.25) is 24.1 Å². The number of hydrazine groups is 1. The zero-order valence-corrected chi connectivity index (χ0v) is 22.7. The molecule has 3 aliphatic rings. The lowest BCUT2D eigenvalue weighted by molar-refractivity contribution is -0.128. The van der Waals surface area contributed by atoms with E-state index in [0.717, 1.165) is 44.3 Å². The van der Waals surface area contributed by atoms with Gasteiger partial charge in [-0.25, -0.2) is 0 Å². The van der Waals surface area contributed by atoms with Gasteiger partial charge in [0.15, 0.2) is 0 Å². The van der Waals surface area contributed by atoms with Crippen molar-refractivity contribution in [3.63, 3.8) is 0 Å². The molecule has 0 aliphatic carbocycles. The van der Waals surface area contributed by atoms with Crippen LogP contribution >= 0.6 is 0 Å². The van der Waals surface area contributed by atoms with E-state index in [1.807, 2.05) is 4.90 Å². The second-order valence-electron chi connectivity index (χ2n) is 9.90. The number of nitrogens with two attached hydrogens (primary N) is 2. The van der Waals surface area contributed by atoms with Crippen LogP contribution in [0.5, 0.6) is 0 Å². The number of nitrogens with zero attached hydrogens (tertiary/aromatic N) is 1. The SMILES string of the molecule is CCC(C)CC(=O)NC1CCc2cccc3c2N(C1=O)C(C)C3.NN/C=C(\N)CNC=O.O=C1CCCN1. The maximum atomic E-state index is 13.0. The molecule has 4 amide bonds. The molecule has 1 aromatic rings. The van der Waals surface area contributed by atoms with Crippen molar-refractivity contribution in [1.82, 2.24) is 21.4 Å². The molecule has 0 radical (unpaired) electrons. The molecule has 8 N–H and O–H groups in total. The van der Waals surface area contributed by atoms with Gasteiger partial charge in [-0.15, -0.1) is 0 Å². The number of para-hydroxylation sites is 1. The molecule has 1 fully saturated rings. The third-order valence-corrected chi connectivity index (χ3v) is 6.77. The van der Waals surface area contributed by atoms with Gasteiger partial charge in [-0.05, 0) is 49.7 Å². The van der Waals surface area contributed by atoms with Gasteiger partial charge in [-0.3, -0.25) is 25.0 Å². The zero-order chi connectivity index (χ0) is 28.1. The van der Waals surface area contributed by atoms with Gasteiger partial charge in [0.1, 0.15) is 6.04 Å². The molecule has 210 valence electrons. The van der Waals surface area contributed by atoms with Crippen LogP contribution in [-0.2, 0) is 32.0 Å². The highest BCUT2D eigenvalue weighted by molar-refractivity contribution is 6.02. The lowest BCUT2D eigenvalue weighted by Gasteiger charge is -2.26. The molecule has 3 heterocycles. The number of aryl methyl sites for hydroxylation is 1. The Kier molecular flexibility index (Phi) is 12.6. The summed E-state index contributed by atoms with van der Waals surface area (Å²) in [5, 5.41) is 8.03. The van der Waals surface area contributed by atoms with Gasteiger partial charge in [0.05, 0.1) is 12.2 Å². The van der Waals surface area contributed by atoms with Crippen molar-refractivity contribution in [2.45, 2.75) is 77.8 Å². The minimum Gasteiger partial charge on any atom is -0.399 e. The van der Waals surface area contributed by atoms with Crippen molar-refractivity contribution < 1.29 is 19.2 Å². The molecular weight excluding hydrogens is 486 g/mol. The molecule has 0 saturated carbocycles. The van der Waals surface area contributed by atoms with E-state index in [9.17, 15) is 19.2 Å². The Morgan fingerprint density at radius 1 is 1.26 bits per heavy atom. The molecule has 1 aromatic carbocycles. The van der Waals surface area contributed by atoms with Gasteiger partial charge in [-0.2, -0.15) is 0 Å². The first kappa shape index (κ1) is 30.6. The van der Waals surface area contributed by atoms with Crippen LogP contribution in [0.1, 0.15) is 64.0 Å². The van der Waals surface area contributed by atoms with Crippen molar-refractivity contribution in [1.29, 1.82) is 0 Å². The van der Waals surface area contributed by atoms with Gasteiger partial charge >= 0.3 is 0 Å². The van der Waals surface area contributed by atoms with E-state index >= 15 is 0 Å². The molecule has 0 bridgehead atoms. The third kappa shape index (κ3) is 9.05. The fourth-order valence-corrected chi connectivity index (χ4v) is 4.60. The van der Waals surface area contributed by atoms with E-state index in [4.69, 9.17) is 11.6 Å². The van der Waals surface area contributed by atoms with E-state index in [2.05, 4.69) is 60.3 Å². The molecule has 3 atom stereocenters. The number of carbonyl (C=O) groups excluding carboxylic acids is 4. The molecule has 38 heavy (non-hydrogen) atoms. The third-order valence-electron chi connectivity index (χ3n) is 6.77. The van der Waals surface area contributed by atoms with Crippen molar-refractivity contribution in [2.75, 3.05) is 18.0 Å². The minimum absolute atomic E-state index is 0.00395. The second kappa shape index (κ2) is 15.6. The number of hydrogen-bond acceptors (Lipinski definition) is 7. The first-order valence-electron chi connectivity index (χ1n) is 13.3. The maximum absolute atomic E-state index is 13.0. The van der Waals surface area contributed by atoms with Crippen LogP contribution in [-0.4, -0.2) is 49.3 Å². The first-order valence-corrected chi connectivity index (χ1v) is 13.3. The van der Waals surface area contributed by atoms with E-state index in [1.165, 1.54) is 17.3 Å². The molecule has 0 spiro atoms. The van der Waals surface area contributed by atoms with Crippen LogP contribution in [0.3, 0.4) is 0 Å². The Labute approximate surface area is 225 Å². The van der Waals surface area contributed by atoms with Gasteiger partial charge in [0.25, 0.3) is 0 Å². The highest BCUT2D eigenvalue weighted by Gasteiger charge is 2.39. The topological polar surface area (TPSA) is 172 Å². The van der Waals surface area contributed by atoms with Gasteiger partial charge < -0.3 is 32.0 Å². The number of anilines is 1. The lowest BCUT2D eigenvalue weighted by Crippen LogP contribution is -2.50. The molecule has 11 nitrogen and oxygen atoms in total. The van der Waals surface area contributed by atoms with E-state index < -0.39 is 6.04 Å². The average Bonchev–Trinajstić information content (AvgIpc) is 3.47. The number of benzene rings is 1. The number of nitrogens with one attached hydrogen (secondary N) is 4. The van der Waals surface area contributed by atoms with Crippen LogP contribution in [0.4, 0.5) is 5.69 Å². The Bertz CT molecular complexity index is 990. The Morgan fingerprint density at radius 3 is 2.58 bits per heavy atom. The maximum Gasteiger partial charge on any atom is 0.249 e. The molecule has 3 unspecified atom stereocenters. The summed E-state index contributed by atoms with van der Waals surface area (Å²) in [4.78, 5) is 46.9. The summed E-state index contributed by atoms with van der Waals surface area (Å²) in [6.07, 6.45) is 7.63. The number of carbonyl (C=O) groups is 4. The monoisotopic (exact) mass is 529 g/mol. The highest BCUT2D eigenvalue weighted by atomic mass is 16.2. The second-order valence-corrected chi connectivity index (χ2v) is 9.90. The number of amides is 4. The Balaban J connectivity index is 0.000000277. The standard InChI is InChI=1S/C19H26N2O2.C4H10N4O.C4H7NO/c1-4-12(2)10-17(22)20-16-9-8-14-6-5-7-15-11-13(3)21(18(14)15)19(16)23;5-4(2-8-6)1-7-3-9;6-4-2-1-3-5-4/h5-7,12-13,16H,4,8-11H2,1-3H3,(H,20,22);2-3,8H,1,5-6H2,(H,7,9);1-3H2,(H,5,6)/b;4-2-;. The summed E-state index contributed by atoms with van der Waals surface area (Å²) < 4.78 is 0. The van der Waals surface area contributed by atoms with Crippen molar-refractivity contribution in [3.05, 3.63) is 41.2 Å². The quantitative estimate of drug-likeness (QED) is 0.164. The van der Waals surface area contributed by atoms with E-state index in [-0.39, 0.29) is 23.8 Å². The summed E-state index contributed by atoms with van der Waals surface area (Å²) in [5.74, 6) is 5.48. The molecule has 11 heteroatoms.